The molecule has 0 bridgehead atoms. The van der Waals surface area contributed by atoms with Gasteiger partial charge in [-0.25, -0.2) is 9.18 Å². The molecular formula is C17H19FN4O3. The number of hydrogen-bond acceptors (Lipinski definition) is 5. The monoisotopic (exact) mass is 346 g/mol. The molecule has 2 saturated heterocycles. The van der Waals surface area contributed by atoms with Gasteiger partial charge in [0.25, 0.3) is 0 Å². The summed E-state index contributed by atoms with van der Waals surface area (Å²) < 4.78 is 16.3. The van der Waals surface area contributed by atoms with Crippen LogP contribution in [0.4, 0.5) is 10.1 Å². The number of hydrogen-bond donors (Lipinski definition) is 2. The third kappa shape index (κ3) is 2.72. The van der Waals surface area contributed by atoms with Crippen LogP contribution in [0.1, 0.15) is 23.2 Å². The quantitative estimate of drug-likeness (QED) is 0.796. The van der Waals surface area contributed by atoms with Gasteiger partial charge in [0.05, 0.1) is 29.7 Å². The molecule has 0 saturated carbocycles. The smallest absolute Gasteiger partial charge is 0.341 e. The molecule has 0 radical (unpaired) electrons. The Kier molecular flexibility index (Phi) is 3.64. The maximum Gasteiger partial charge on any atom is 0.341 e. The first-order valence-corrected chi connectivity index (χ1v) is 8.33. The minimum absolute atomic E-state index is 0.00684. The summed E-state index contributed by atoms with van der Waals surface area (Å²) in [5, 5.41) is 11.2. The number of fused-ring (bicyclic) bond motifs is 1. The van der Waals surface area contributed by atoms with Crippen LogP contribution >= 0.6 is 0 Å². The molecule has 1 aromatic carbocycles. The average molecular weight is 346 g/mol. The lowest BCUT2D eigenvalue weighted by Gasteiger charge is -2.33. The molecule has 1 atom stereocenters. The molecular weight excluding hydrogens is 327 g/mol. The predicted molar refractivity (Wildman–Crippen MR) is 92.5 cm³/mol. The highest BCUT2D eigenvalue weighted by molar-refractivity contribution is 5.93. The summed E-state index contributed by atoms with van der Waals surface area (Å²) >= 11 is 0. The van der Waals surface area contributed by atoms with E-state index in [0.717, 1.165) is 32.0 Å². The highest BCUT2D eigenvalue weighted by Crippen LogP contribution is 2.28. The van der Waals surface area contributed by atoms with E-state index in [1.807, 2.05) is 9.91 Å². The van der Waals surface area contributed by atoms with Crippen LogP contribution in [0.5, 0.6) is 0 Å². The van der Waals surface area contributed by atoms with Crippen molar-refractivity contribution < 1.29 is 14.3 Å². The maximum atomic E-state index is 14.7. The van der Waals surface area contributed by atoms with Crippen molar-refractivity contribution in [3.8, 4) is 0 Å². The molecule has 25 heavy (non-hydrogen) atoms. The van der Waals surface area contributed by atoms with Crippen LogP contribution in [0.25, 0.3) is 10.9 Å². The first-order chi connectivity index (χ1) is 12.0. The van der Waals surface area contributed by atoms with Gasteiger partial charge in [-0.2, -0.15) is 0 Å². The zero-order valence-electron chi connectivity index (χ0n) is 13.6. The van der Waals surface area contributed by atoms with Gasteiger partial charge in [-0.3, -0.25) is 9.47 Å². The minimum Gasteiger partial charge on any atom is -0.477 e. The molecule has 2 fully saturated rings. The molecule has 0 amide bonds. The standard InChI is InChI=1S/C17H19FN4O3/c18-13-6-11-14(7-15(13)20-3-1-2-10(19)8-20)22(21-4-5-21)9-12(16(11)23)17(24)25/h6-7,9-10H,1-5,8,19H2,(H,24,25). The molecule has 8 heteroatoms. The van der Waals surface area contributed by atoms with Gasteiger partial charge in [0.2, 0.25) is 5.43 Å². The number of nitrogens with two attached hydrogens (primary N) is 1. The van der Waals surface area contributed by atoms with Crippen LogP contribution in [0.2, 0.25) is 0 Å². The molecule has 3 N–H and O–H groups in total. The van der Waals surface area contributed by atoms with Crippen molar-refractivity contribution in [2.24, 2.45) is 5.73 Å². The number of halogens is 1. The van der Waals surface area contributed by atoms with E-state index in [2.05, 4.69) is 0 Å². The van der Waals surface area contributed by atoms with Crippen LogP contribution in [0.3, 0.4) is 0 Å². The maximum absolute atomic E-state index is 14.7. The van der Waals surface area contributed by atoms with Crippen LogP contribution in [0.15, 0.2) is 23.1 Å². The van der Waals surface area contributed by atoms with Crippen LogP contribution < -0.4 is 21.1 Å². The number of rotatable bonds is 3. The van der Waals surface area contributed by atoms with Gasteiger partial charge in [-0.1, -0.05) is 0 Å². The molecule has 3 heterocycles. The first kappa shape index (κ1) is 15.9. The number of aromatic carboxylic acids is 1. The van der Waals surface area contributed by atoms with E-state index < -0.39 is 17.2 Å². The van der Waals surface area contributed by atoms with Crippen LogP contribution in [0, 0.1) is 5.82 Å². The SMILES string of the molecule is NC1CCCN(c2cc3c(cc2F)c(=O)c(C(=O)O)cn3N2CC2)C1. The van der Waals surface area contributed by atoms with Gasteiger partial charge in [0.15, 0.2) is 0 Å². The van der Waals surface area contributed by atoms with Gasteiger partial charge in [0.1, 0.15) is 11.4 Å². The lowest BCUT2D eigenvalue weighted by molar-refractivity contribution is 0.0695. The summed E-state index contributed by atoms with van der Waals surface area (Å²) in [5.74, 6) is -1.84. The second-order valence-electron chi connectivity index (χ2n) is 6.64. The lowest BCUT2D eigenvalue weighted by Crippen LogP contribution is -2.43. The molecule has 132 valence electrons. The molecule has 2 aliphatic heterocycles. The molecule has 2 aliphatic rings. The fourth-order valence-electron chi connectivity index (χ4n) is 3.44. The zero-order chi connectivity index (χ0) is 17.7. The van der Waals surface area contributed by atoms with Crippen LogP contribution in [-0.2, 0) is 0 Å². The van der Waals surface area contributed by atoms with Crippen molar-refractivity contribution >= 4 is 22.6 Å². The number of benzene rings is 1. The first-order valence-electron chi connectivity index (χ1n) is 8.33. The van der Waals surface area contributed by atoms with E-state index in [0.29, 0.717) is 24.3 Å². The number of carbonyl (C=O) groups is 1. The second kappa shape index (κ2) is 5.73. The molecule has 0 spiro atoms. The Morgan fingerprint density at radius 1 is 1.28 bits per heavy atom. The van der Waals surface area contributed by atoms with Crippen molar-refractivity contribution in [1.82, 2.24) is 4.68 Å². The van der Waals surface area contributed by atoms with Gasteiger partial charge in [-0.05, 0) is 25.0 Å². The molecule has 2 aromatic rings. The highest BCUT2D eigenvalue weighted by atomic mass is 19.1. The summed E-state index contributed by atoms with van der Waals surface area (Å²) in [7, 11) is 0. The third-order valence-electron chi connectivity index (χ3n) is 4.81. The molecule has 1 aromatic heterocycles. The number of piperidine rings is 1. The van der Waals surface area contributed by atoms with E-state index in [4.69, 9.17) is 5.73 Å². The van der Waals surface area contributed by atoms with Crippen molar-refractivity contribution in [1.29, 1.82) is 0 Å². The van der Waals surface area contributed by atoms with Crippen LogP contribution in [-0.4, -0.2) is 48.0 Å². The Balaban J connectivity index is 1.92. The van der Waals surface area contributed by atoms with Crippen molar-refractivity contribution in [2.45, 2.75) is 18.9 Å². The van der Waals surface area contributed by atoms with Gasteiger partial charge in [0, 0.05) is 25.3 Å². The van der Waals surface area contributed by atoms with E-state index >= 15 is 0 Å². The fourth-order valence-corrected chi connectivity index (χ4v) is 3.44. The second-order valence-corrected chi connectivity index (χ2v) is 6.64. The Bertz CT molecular complexity index is 922. The van der Waals surface area contributed by atoms with Gasteiger partial charge in [-0.15, -0.1) is 0 Å². The number of aromatic nitrogens is 1. The minimum atomic E-state index is -1.31. The summed E-state index contributed by atoms with van der Waals surface area (Å²) in [4.78, 5) is 25.7. The Morgan fingerprint density at radius 2 is 2.04 bits per heavy atom. The van der Waals surface area contributed by atoms with E-state index in [9.17, 15) is 19.1 Å². The Morgan fingerprint density at radius 3 is 2.68 bits per heavy atom. The number of carboxylic acids is 1. The van der Waals surface area contributed by atoms with Crippen molar-refractivity contribution in [2.75, 3.05) is 36.1 Å². The summed E-state index contributed by atoms with van der Waals surface area (Å²) in [5.41, 5.74) is 5.90. The summed E-state index contributed by atoms with van der Waals surface area (Å²) in [6, 6.07) is 2.78. The lowest BCUT2D eigenvalue weighted by atomic mass is 10.0. The van der Waals surface area contributed by atoms with E-state index in [1.165, 1.54) is 6.20 Å². The third-order valence-corrected chi connectivity index (χ3v) is 4.81. The average Bonchev–Trinajstić information content (AvgIpc) is 3.39. The van der Waals surface area contributed by atoms with Crippen molar-refractivity contribution in [3.05, 3.63) is 39.9 Å². The number of nitrogens with zero attached hydrogens (tertiary/aromatic N) is 3. The highest BCUT2D eigenvalue weighted by Gasteiger charge is 2.26. The molecule has 0 aliphatic carbocycles. The number of pyridine rings is 1. The van der Waals surface area contributed by atoms with Gasteiger partial charge >= 0.3 is 5.97 Å². The Hall–Kier alpha value is -2.61. The largest absolute Gasteiger partial charge is 0.477 e. The Labute approximate surface area is 143 Å². The summed E-state index contributed by atoms with van der Waals surface area (Å²) in [6.45, 7) is 2.79. The molecule has 1 unspecified atom stereocenters. The predicted octanol–water partition coefficient (Wildman–Crippen LogP) is 0.718. The topological polar surface area (TPSA) is 91.6 Å². The number of anilines is 1. The zero-order valence-corrected chi connectivity index (χ0v) is 13.6. The summed E-state index contributed by atoms with van der Waals surface area (Å²) in [6.07, 6.45) is 3.12. The van der Waals surface area contributed by atoms with Crippen molar-refractivity contribution in [3.63, 3.8) is 0 Å². The number of carboxylic acid groups (broad SMARTS) is 1. The molecule has 7 nitrogen and oxygen atoms in total. The normalized spacial score (nSPS) is 20.2. The van der Waals surface area contributed by atoms with E-state index in [1.54, 1.807) is 10.7 Å². The van der Waals surface area contributed by atoms with Gasteiger partial charge < -0.3 is 20.7 Å². The van der Waals surface area contributed by atoms with E-state index in [-0.39, 0.29) is 17.0 Å². The fraction of sp³-hybridized carbons (Fsp3) is 0.412. The molecule has 4 rings (SSSR count).